The highest BCUT2D eigenvalue weighted by Crippen LogP contribution is 2.34. The molecule has 0 spiro atoms. The summed E-state index contributed by atoms with van der Waals surface area (Å²) in [5, 5.41) is 2.69. The first-order valence-electron chi connectivity index (χ1n) is 12.2. The fourth-order valence-corrected chi connectivity index (χ4v) is 4.16. The minimum Gasteiger partial charge on any atom is -0.382 e. The van der Waals surface area contributed by atoms with Gasteiger partial charge in [-0.3, -0.25) is 4.79 Å². The Labute approximate surface area is 224 Å². The number of aromatic nitrogens is 2. The van der Waals surface area contributed by atoms with E-state index in [1.54, 1.807) is 23.8 Å². The average Bonchev–Trinajstić information content (AvgIpc) is 3.18. The van der Waals surface area contributed by atoms with Crippen LogP contribution in [0.2, 0.25) is 5.15 Å². The molecule has 0 atom stereocenters. The molecule has 2 aromatic carbocycles. The van der Waals surface area contributed by atoms with Crippen LogP contribution >= 0.6 is 11.6 Å². The number of hydrogen-bond acceptors (Lipinski definition) is 5. The number of nitrogens with zero attached hydrogens (tertiary/aromatic N) is 2. The number of anilines is 1. The summed E-state index contributed by atoms with van der Waals surface area (Å²) in [6.07, 6.45) is 2.14. The molecular weight excluding hydrogens is 523 g/mol. The first kappa shape index (κ1) is 29.6. The number of halogens is 4. The van der Waals surface area contributed by atoms with Crippen LogP contribution < -0.4 is 5.32 Å². The zero-order valence-corrected chi connectivity index (χ0v) is 22.3. The molecule has 3 rings (SSSR count). The standard InChI is InChI=1S/C27H31ClF3N3O4/c1-4-5-10-24-33-27(28)23(15-38-16-37-12-11-36-3)34(24)14-20-21(29)13-19(25(30)26(20)31)18-8-6-7-9-22(18)32-17(2)35/h6-9,13H,4-5,10-12,14-16H2,1-3H3,(H,32,35). The van der Waals surface area contributed by atoms with Gasteiger partial charge in [0.15, 0.2) is 16.8 Å². The molecular formula is C27H31ClF3N3O4. The predicted molar refractivity (Wildman–Crippen MR) is 138 cm³/mol. The molecule has 7 nitrogen and oxygen atoms in total. The number of amides is 1. The number of nitrogens with one attached hydrogen (secondary N) is 1. The third-order valence-electron chi connectivity index (χ3n) is 5.79. The van der Waals surface area contributed by atoms with Gasteiger partial charge in [0, 0.05) is 42.8 Å². The van der Waals surface area contributed by atoms with Gasteiger partial charge < -0.3 is 24.1 Å². The Morgan fingerprint density at radius 3 is 2.58 bits per heavy atom. The largest absolute Gasteiger partial charge is 0.382 e. The molecule has 11 heteroatoms. The lowest BCUT2D eigenvalue weighted by molar-refractivity contribution is -0.114. The van der Waals surface area contributed by atoms with Gasteiger partial charge >= 0.3 is 0 Å². The predicted octanol–water partition coefficient (Wildman–Crippen LogP) is 6.11. The van der Waals surface area contributed by atoms with Gasteiger partial charge in [-0.2, -0.15) is 0 Å². The molecule has 38 heavy (non-hydrogen) atoms. The first-order valence-corrected chi connectivity index (χ1v) is 12.6. The van der Waals surface area contributed by atoms with E-state index in [9.17, 15) is 4.79 Å². The molecule has 0 aliphatic heterocycles. The summed E-state index contributed by atoms with van der Waals surface area (Å²) in [6.45, 7) is 3.61. The molecule has 1 aromatic heterocycles. The van der Waals surface area contributed by atoms with Crippen molar-refractivity contribution in [2.24, 2.45) is 0 Å². The van der Waals surface area contributed by atoms with Crippen LogP contribution in [0.3, 0.4) is 0 Å². The van der Waals surface area contributed by atoms with Gasteiger partial charge in [-0.05, 0) is 18.6 Å². The van der Waals surface area contributed by atoms with Crippen LogP contribution in [0.15, 0.2) is 30.3 Å². The number of aryl methyl sites for hydroxylation is 1. The van der Waals surface area contributed by atoms with Crippen LogP contribution in [0.25, 0.3) is 11.1 Å². The summed E-state index contributed by atoms with van der Waals surface area (Å²) in [5.74, 6) is -3.40. The Hall–Kier alpha value is -2.92. The van der Waals surface area contributed by atoms with E-state index in [0.717, 1.165) is 18.9 Å². The van der Waals surface area contributed by atoms with Crippen LogP contribution in [-0.2, 0) is 38.6 Å². The highest BCUT2D eigenvalue weighted by Gasteiger charge is 2.24. The summed E-state index contributed by atoms with van der Waals surface area (Å²) in [4.78, 5) is 15.9. The van der Waals surface area contributed by atoms with Crippen molar-refractivity contribution in [1.82, 2.24) is 9.55 Å². The van der Waals surface area contributed by atoms with Crippen molar-refractivity contribution in [2.75, 3.05) is 32.4 Å². The fraction of sp³-hybridized carbons (Fsp3) is 0.407. The van der Waals surface area contributed by atoms with Gasteiger partial charge in [-0.1, -0.05) is 43.1 Å². The Morgan fingerprint density at radius 1 is 1.11 bits per heavy atom. The molecule has 0 aliphatic rings. The van der Waals surface area contributed by atoms with Crippen molar-refractivity contribution in [3.63, 3.8) is 0 Å². The van der Waals surface area contributed by atoms with E-state index < -0.39 is 28.9 Å². The van der Waals surface area contributed by atoms with E-state index in [0.29, 0.717) is 31.2 Å². The highest BCUT2D eigenvalue weighted by atomic mass is 35.5. The Balaban J connectivity index is 1.96. The fourth-order valence-electron chi connectivity index (χ4n) is 3.90. The van der Waals surface area contributed by atoms with E-state index >= 15 is 13.2 Å². The molecule has 206 valence electrons. The van der Waals surface area contributed by atoms with Gasteiger partial charge in [0.05, 0.1) is 32.1 Å². The van der Waals surface area contributed by atoms with Gasteiger partial charge in [-0.15, -0.1) is 0 Å². The number of methoxy groups -OCH3 is 1. The van der Waals surface area contributed by atoms with Crippen LogP contribution in [0.4, 0.5) is 18.9 Å². The van der Waals surface area contributed by atoms with Crippen molar-refractivity contribution in [2.45, 2.75) is 46.3 Å². The molecule has 0 saturated carbocycles. The van der Waals surface area contributed by atoms with Crippen molar-refractivity contribution in [3.05, 3.63) is 70.0 Å². The topological polar surface area (TPSA) is 74.6 Å². The number of carbonyl (C=O) groups is 1. The van der Waals surface area contributed by atoms with Crippen LogP contribution in [0, 0.1) is 17.5 Å². The lowest BCUT2D eigenvalue weighted by Crippen LogP contribution is -2.15. The maximum absolute atomic E-state index is 15.4. The number of para-hydroxylation sites is 1. The van der Waals surface area contributed by atoms with Crippen molar-refractivity contribution >= 4 is 23.2 Å². The molecule has 0 aliphatic carbocycles. The smallest absolute Gasteiger partial charge is 0.221 e. The van der Waals surface area contributed by atoms with E-state index in [1.165, 1.54) is 19.1 Å². The van der Waals surface area contributed by atoms with Gasteiger partial charge in [-0.25, -0.2) is 18.2 Å². The quantitative estimate of drug-likeness (QED) is 0.148. The number of unbranched alkanes of at least 4 members (excludes halogenated alkanes) is 1. The minimum absolute atomic E-state index is 0.0289. The summed E-state index contributed by atoms with van der Waals surface area (Å²) >= 11 is 6.36. The molecule has 0 unspecified atom stereocenters. The van der Waals surface area contributed by atoms with Crippen molar-refractivity contribution in [1.29, 1.82) is 0 Å². The third kappa shape index (κ3) is 7.35. The summed E-state index contributed by atoms with van der Waals surface area (Å²) in [6, 6.07) is 7.14. The van der Waals surface area contributed by atoms with E-state index in [4.69, 9.17) is 25.8 Å². The number of rotatable bonds is 14. The number of imidazole rings is 1. The number of carbonyl (C=O) groups excluding carboxylic acids is 1. The zero-order valence-electron chi connectivity index (χ0n) is 21.6. The second kappa shape index (κ2) is 14.3. The van der Waals surface area contributed by atoms with Crippen LogP contribution in [0.5, 0.6) is 0 Å². The number of ether oxygens (including phenoxy) is 3. The third-order valence-corrected chi connectivity index (χ3v) is 6.09. The minimum atomic E-state index is -1.33. The number of hydrogen-bond donors (Lipinski definition) is 1. The molecule has 3 aromatic rings. The summed E-state index contributed by atoms with van der Waals surface area (Å²) in [7, 11) is 1.55. The Morgan fingerprint density at radius 2 is 1.87 bits per heavy atom. The van der Waals surface area contributed by atoms with Crippen molar-refractivity contribution in [3.8, 4) is 11.1 Å². The lowest BCUT2D eigenvalue weighted by Gasteiger charge is -2.16. The molecule has 0 radical (unpaired) electrons. The van der Waals surface area contributed by atoms with Crippen LogP contribution in [0.1, 0.15) is 43.8 Å². The van der Waals surface area contributed by atoms with Gasteiger partial charge in [0.25, 0.3) is 0 Å². The van der Waals surface area contributed by atoms with Crippen molar-refractivity contribution < 1.29 is 32.2 Å². The molecule has 1 N–H and O–H groups in total. The summed E-state index contributed by atoms with van der Waals surface area (Å²) < 4.78 is 63.4. The molecule has 0 saturated heterocycles. The Bertz CT molecular complexity index is 1250. The van der Waals surface area contributed by atoms with E-state index in [2.05, 4.69) is 10.3 Å². The lowest BCUT2D eigenvalue weighted by atomic mass is 10.00. The number of benzene rings is 2. The van der Waals surface area contributed by atoms with Gasteiger partial charge in [0.1, 0.15) is 18.4 Å². The van der Waals surface area contributed by atoms with E-state index in [-0.39, 0.29) is 41.9 Å². The first-order chi connectivity index (χ1) is 18.3. The molecule has 0 fully saturated rings. The molecule has 1 amide bonds. The Kier molecular flexibility index (Phi) is 11.1. The maximum Gasteiger partial charge on any atom is 0.221 e. The van der Waals surface area contributed by atoms with Crippen LogP contribution in [-0.4, -0.2) is 42.6 Å². The second-order valence-corrected chi connectivity index (χ2v) is 8.92. The van der Waals surface area contributed by atoms with Gasteiger partial charge in [0.2, 0.25) is 5.91 Å². The van der Waals surface area contributed by atoms with E-state index in [1.807, 2.05) is 6.92 Å². The highest BCUT2D eigenvalue weighted by molar-refractivity contribution is 6.30. The average molecular weight is 554 g/mol. The zero-order chi connectivity index (χ0) is 27.7. The molecule has 1 heterocycles. The maximum atomic E-state index is 15.4. The summed E-state index contributed by atoms with van der Waals surface area (Å²) in [5.41, 5.74) is 0.00192. The SMILES string of the molecule is CCCCc1nc(Cl)c(COCOCCOC)n1Cc1c(F)cc(-c2ccccc2NC(C)=O)c(F)c1F. The monoisotopic (exact) mass is 553 g/mol. The normalized spacial score (nSPS) is 11.2. The molecule has 0 bridgehead atoms. The second-order valence-electron chi connectivity index (χ2n) is 8.56.